The van der Waals surface area contributed by atoms with Crippen LogP contribution in [0.2, 0.25) is 0 Å². The summed E-state index contributed by atoms with van der Waals surface area (Å²) in [6.45, 7) is 3.29. The molecule has 1 aromatic heterocycles. The Morgan fingerprint density at radius 2 is 1.83 bits per heavy atom. The van der Waals surface area contributed by atoms with Crippen molar-refractivity contribution in [3.05, 3.63) is 58.7 Å². The fraction of sp³-hybridized carbons (Fsp3) is 0.111. The first-order valence-corrected chi connectivity index (χ1v) is 8.13. The van der Waals surface area contributed by atoms with E-state index < -0.39 is 0 Å². The van der Waals surface area contributed by atoms with Crippen LogP contribution >= 0.6 is 11.3 Å². The molecule has 3 rings (SSSR count). The van der Waals surface area contributed by atoms with Crippen LogP contribution in [-0.2, 0) is 4.79 Å². The lowest BCUT2D eigenvalue weighted by molar-refractivity contribution is -0.114. The number of hydrogen-bond donors (Lipinski definition) is 2. The van der Waals surface area contributed by atoms with Gasteiger partial charge in [-0.2, -0.15) is 0 Å². The molecule has 1 heterocycles. The second-order valence-electron chi connectivity index (χ2n) is 5.46. The quantitative estimate of drug-likeness (QED) is 0.733. The molecule has 3 aromatic rings. The zero-order valence-electron chi connectivity index (χ0n) is 13.1. The molecule has 4 nitrogen and oxygen atoms in total. The minimum atomic E-state index is -0.328. The second kappa shape index (κ2) is 6.41. The van der Waals surface area contributed by atoms with Gasteiger partial charge in [0.25, 0.3) is 5.91 Å². The summed E-state index contributed by atoms with van der Waals surface area (Å²) >= 11 is 1.31. The molecule has 0 radical (unpaired) electrons. The van der Waals surface area contributed by atoms with Crippen LogP contribution in [0, 0.1) is 12.7 Å². The van der Waals surface area contributed by atoms with E-state index in [4.69, 9.17) is 0 Å². The summed E-state index contributed by atoms with van der Waals surface area (Å²) in [7, 11) is 0. The van der Waals surface area contributed by atoms with Crippen molar-refractivity contribution >= 4 is 44.6 Å². The van der Waals surface area contributed by atoms with Gasteiger partial charge in [-0.15, -0.1) is 11.3 Å². The Labute approximate surface area is 142 Å². The number of carbonyl (C=O) groups is 2. The Hall–Kier alpha value is -2.73. The highest BCUT2D eigenvalue weighted by molar-refractivity contribution is 7.20. The van der Waals surface area contributed by atoms with Gasteiger partial charge in [0.2, 0.25) is 5.91 Å². The lowest BCUT2D eigenvalue weighted by Crippen LogP contribution is -2.12. The van der Waals surface area contributed by atoms with E-state index in [0.717, 1.165) is 10.3 Å². The number of carbonyl (C=O) groups excluding carboxylic acids is 2. The predicted molar refractivity (Wildman–Crippen MR) is 95.2 cm³/mol. The van der Waals surface area contributed by atoms with Crippen LogP contribution in [0.4, 0.5) is 15.8 Å². The predicted octanol–water partition coefficient (Wildman–Crippen LogP) is 4.56. The minimum Gasteiger partial charge on any atom is -0.326 e. The standard InChI is InChI=1S/C18H15FN2O2S/c1-10-3-5-14(20-11(2)22)9-15(10)21-18(23)17-8-12-7-13(19)4-6-16(12)24-17/h3-9H,1-2H3,(H,20,22)(H,21,23). The number of anilines is 2. The monoisotopic (exact) mass is 342 g/mol. The lowest BCUT2D eigenvalue weighted by Gasteiger charge is -2.10. The summed E-state index contributed by atoms with van der Waals surface area (Å²) in [6, 6.07) is 11.4. The zero-order valence-corrected chi connectivity index (χ0v) is 14.0. The number of nitrogens with one attached hydrogen (secondary N) is 2. The van der Waals surface area contributed by atoms with Crippen molar-refractivity contribution < 1.29 is 14.0 Å². The van der Waals surface area contributed by atoms with E-state index in [-0.39, 0.29) is 17.6 Å². The molecule has 0 atom stereocenters. The smallest absolute Gasteiger partial charge is 0.265 e. The van der Waals surface area contributed by atoms with Crippen LogP contribution in [0.15, 0.2) is 42.5 Å². The third-order valence-corrected chi connectivity index (χ3v) is 4.62. The van der Waals surface area contributed by atoms with Gasteiger partial charge in [0.1, 0.15) is 5.82 Å². The van der Waals surface area contributed by atoms with E-state index in [1.807, 2.05) is 13.0 Å². The number of amides is 2. The third kappa shape index (κ3) is 3.44. The Bertz CT molecular complexity index is 949. The molecule has 0 aliphatic rings. The van der Waals surface area contributed by atoms with Crippen LogP contribution in [0.5, 0.6) is 0 Å². The molecule has 0 aliphatic heterocycles. The number of rotatable bonds is 3. The van der Waals surface area contributed by atoms with Crippen LogP contribution < -0.4 is 10.6 Å². The van der Waals surface area contributed by atoms with Crippen molar-refractivity contribution in [3.63, 3.8) is 0 Å². The van der Waals surface area contributed by atoms with Crippen molar-refractivity contribution in [1.29, 1.82) is 0 Å². The van der Waals surface area contributed by atoms with Crippen molar-refractivity contribution in [1.82, 2.24) is 0 Å². The van der Waals surface area contributed by atoms with Gasteiger partial charge < -0.3 is 10.6 Å². The summed E-state index contributed by atoms with van der Waals surface area (Å²) in [4.78, 5) is 24.1. The van der Waals surface area contributed by atoms with Crippen LogP contribution in [0.25, 0.3) is 10.1 Å². The molecule has 0 fully saturated rings. The highest BCUT2D eigenvalue weighted by Gasteiger charge is 2.12. The first kappa shape index (κ1) is 16.1. The molecular formula is C18H15FN2O2S. The highest BCUT2D eigenvalue weighted by Crippen LogP contribution is 2.28. The topological polar surface area (TPSA) is 58.2 Å². The number of aryl methyl sites for hydroxylation is 1. The molecule has 2 N–H and O–H groups in total. The molecule has 0 aliphatic carbocycles. The number of benzene rings is 2. The summed E-state index contributed by atoms with van der Waals surface area (Å²) < 4.78 is 14.1. The zero-order chi connectivity index (χ0) is 17.3. The van der Waals surface area contributed by atoms with Crippen LogP contribution in [0.3, 0.4) is 0 Å². The molecule has 2 aromatic carbocycles. The van der Waals surface area contributed by atoms with E-state index >= 15 is 0 Å². The Balaban J connectivity index is 1.86. The van der Waals surface area contributed by atoms with E-state index in [9.17, 15) is 14.0 Å². The average Bonchev–Trinajstić information content (AvgIpc) is 2.93. The molecule has 0 bridgehead atoms. The van der Waals surface area contributed by atoms with Crippen LogP contribution in [0.1, 0.15) is 22.2 Å². The molecule has 2 amide bonds. The third-order valence-electron chi connectivity index (χ3n) is 3.51. The van der Waals surface area contributed by atoms with E-state index in [1.165, 1.54) is 30.4 Å². The molecule has 24 heavy (non-hydrogen) atoms. The number of hydrogen-bond acceptors (Lipinski definition) is 3. The van der Waals surface area contributed by atoms with Gasteiger partial charge in [-0.3, -0.25) is 9.59 Å². The normalized spacial score (nSPS) is 10.6. The van der Waals surface area contributed by atoms with Crippen molar-refractivity contribution in [2.24, 2.45) is 0 Å². The number of fused-ring (bicyclic) bond motifs is 1. The van der Waals surface area contributed by atoms with Crippen molar-refractivity contribution in [3.8, 4) is 0 Å². The maximum Gasteiger partial charge on any atom is 0.265 e. The molecule has 122 valence electrons. The molecular weight excluding hydrogens is 327 g/mol. The van der Waals surface area contributed by atoms with Gasteiger partial charge in [0, 0.05) is 23.0 Å². The largest absolute Gasteiger partial charge is 0.326 e. The van der Waals surface area contributed by atoms with Gasteiger partial charge >= 0.3 is 0 Å². The van der Waals surface area contributed by atoms with E-state index in [2.05, 4.69) is 10.6 Å². The first-order chi connectivity index (χ1) is 11.4. The highest BCUT2D eigenvalue weighted by atomic mass is 32.1. The molecule has 0 saturated carbocycles. The van der Waals surface area contributed by atoms with Gasteiger partial charge in [-0.05, 0) is 54.3 Å². The summed E-state index contributed by atoms with van der Waals surface area (Å²) in [5.41, 5.74) is 2.11. The van der Waals surface area contributed by atoms with Crippen molar-refractivity contribution in [2.45, 2.75) is 13.8 Å². The van der Waals surface area contributed by atoms with E-state index in [0.29, 0.717) is 21.6 Å². The van der Waals surface area contributed by atoms with Gasteiger partial charge in [0.05, 0.1) is 4.88 Å². The molecule has 0 spiro atoms. The van der Waals surface area contributed by atoms with Gasteiger partial charge in [0.15, 0.2) is 0 Å². The fourth-order valence-electron chi connectivity index (χ4n) is 2.35. The summed E-state index contributed by atoms with van der Waals surface area (Å²) in [5, 5.41) is 6.23. The molecule has 0 saturated heterocycles. The van der Waals surface area contributed by atoms with Gasteiger partial charge in [-0.25, -0.2) is 4.39 Å². The first-order valence-electron chi connectivity index (χ1n) is 7.31. The SMILES string of the molecule is CC(=O)Nc1ccc(C)c(NC(=O)c2cc3cc(F)ccc3s2)c1. The number of halogens is 1. The summed E-state index contributed by atoms with van der Waals surface area (Å²) in [6.07, 6.45) is 0. The Kier molecular flexibility index (Phi) is 4.31. The van der Waals surface area contributed by atoms with Crippen molar-refractivity contribution in [2.75, 3.05) is 10.6 Å². The maximum atomic E-state index is 13.3. The second-order valence-corrected chi connectivity index (χ2v) is 6.54. The van der Waals surface area contributed by atoms with Crippen LogP contribution in [-0.4, -0.2) is 11.8 Å². The van der Waals surface area contributed by atoms with Gasteiger partial charge in [-0.1, -0.05) is 6.07 Å². The fourth-order valence-corrected chi connectivity index (χ4v) is 3.29. The van der Waals surface area contributed by atoms with E-state index in [1.54, 1.807) is 24.3 Å². The Morgan fingerprint density at radius 3 is 2.58 bits per heavy atom. The molecule has 0 unspecified atom stereocenters. The maximum absolute atomic E-state index is 13.3. The Morgan fingerprint density at radius 1 is 1.04 bits per heavy atom. The number of thiophene rings is 1. The average molecular weight is 342 g/mol. The summed E-state index contributed by atoms with van der Waals surface area (Å²) in [5.74, 6) is -0.770. The lowest BCUT2D eigenvalue weighted by atomic mass is 10.1. The molecule has 6 heteroatoms. The minimum absolute atomic E-state index is 0.178.